The van der Waals surface area contributed by atoms with Crippen LogP contribution in [0.3, 0.4) is 0 Å². The average molecular weight is 197 g/mol. The minimum Gasteiger partial charge on any atom is -0.369 e. The van der Waals surface area contributed by atoms with Gasteiger partial charge in [0.25, 0.3) is 0 Å². The molecule has 70 valence electrons. The van der Waals surface area contributed by atoms with Gasteiger partial charge < -0.3 is 10.1 Å². The third kappa shape index (κ3) is 1.73. The first kappa shape index (κ1) is 8.72. The van der Waals surface area contributed by atoms with Gasteiger partial charge in [-0.25, -0.2) is 0 Å². The molecule has 1 aliphatic rings. The Balaban J connectivity index is 2.17. The summed E-state index contributed by atoms with van der Waals surface area (Å²) in [5, 5.41) is 4.94. The van der Waals surface area contributed by atoms with E-state index in [0.29, 0.717) is 6.61 Å². The highest BCUT2D eigenvalue weighted by atomic mass is 32.1. The van der Waals surface area contributed by atoms with Gasteiger partial charge in [-0.15, -0.1) is 11.3 Å². The fraction of sp³-hybridized carbons (Fsp3) is 0.444. The maximum Gasteiger partial charge on any atom is 0.246 e. The molecule has 1 saturated heterocycles. The van der Waals surface area contributed by atoms with E-state index in [-0.39, 0.29) is 18.6 Å². The Bertz CT molecular complexity index is 321. The van der Waals surface area contributed by atoms with Gasteiger partial charge in [0.15, 0.2) is 0 Å². The van der Waals surface area contributed by atoms with Gasteiger partial charge in [-0.05, 0) is 23.9 Å². The molecule has 3 nitrogen and oxygen atoms in total. The van der Waals surface area contributed by atoms with Crippen LogP contribution in [0.15, 0.2) is 11.4 Å². The summed E-state index contributed by atoms with van der Waals surface area (Å²) in [4.78, 5) is 12.3. The summed E-state index contributed by atoms with van der Waals surface area (Å²) in [6.07, 6.45) is 0. The molecule has 4 heteroatoms. The lowest BCUT2D eigenvalue weighted by atomic mass is 10.1. The molecule has 1 fully saturated rings. The third-order valence-corrected chi connectivity index (χ3v) is 3.20. The predicted molar refractivity (Wildman–Crippen MR) is 50.8 cm³/mol. The zero-order valence-corrected chi connectivity index (χ0v) is 8.19. The molecule has 1 N–H and O–H groups in total. The van der Waals surface area contributed by atoms with E-state index >= 15 is 0 Å². The Labute approximate surface area is 80.7 Å². The Morgan fingerprint density at radius 3 is 3.15 bits per heavy atom. The number of aryl methyl sites for hydroxylation is 1. The van der Waals surface area contributed by atoms with Gasteiger partial charge in [-0.2, -0.15) is 0 Å². The highest BCUT2D eigenvalue weighted by Crippen LogP contribution is 2.25. The van der Waals surface area contributed by atoms with Gasteiger partial charge >= 0.3 is 0 Å². The van der Waals surface area contributed by atoms with E-state index in [2.05, 4.69) is 11.4 Å². The van der Waals surface area contributed by atoms with E-state index in [1.54, 1.807) is 11.3 Å². The Kier molecular flexibility index (Phi) is 2.33. The smallest absolute Gasteiger partial charge is 0.246 e. The van der Waals surface area contributed by atoms with Crippen molar-refractivity contribution < 1.29 is 9.53 Å². The monoisotopic (exact) mass is 197 g/mol. The molecule has 0 aliphatic carbocycles. The van der Waals surface area contributed by atoms with Crippen molar-refractivity contribution in [3.05, 3.63) is 21.9 Å². The second-order valence-corrected chi connectivity index (χ2v) is 4.05. The van der Waals surface area contributed by atoms with Crippen molar-refractivity contribution in [3.8, 4) is 0 Å². The second kappa shape index (κ2) is 3.47. The van der Waals surface area contributed by atoms with Crippen molar-refractivity contribution in [2.75, 3.05) is 13.2 Å². The van der Waals surface area contributed by atoms with Crippen LogP contribution in [0.25, 0.3) is 0 Å². The third-order valence-electron chi connectivity index (χ3n) is 2.07. The van der Waals surface area contributed by atoms with Gasteiger partial charge in [0.2, 0.25) is 5.91 Å². The fourth-order valence-corrected chi connectivity index (χ4v) is 2.39. The number of carbonyl (C=O) groups is 1. The Morgan fingerprint density at radius 2 is 2.54 bits per heavy atom. The van der Waals surface area contributed by atoms with Crippen molar-refractivity contribution in [3.63, 3.8) is 0 Å². The lowest BCUT2D eigenvalue weighted by molar-refractivity contribution is -0.131. The highest BCUT2D eigenvalue weighted by Gasteiger charge is 2.22. The number of amides is 1. The largest absolute Gasteiger partial charge is 0.369 e. The zero-order valence-electron chi connectivity index (χ0n) is 7.37. The summed E-state index contributed by atoms with van der Waals surface area (Å²) in [5.74, 6) is -0.0240. The molecule has 2 rings (SSSR count). The summed E-state index contributed by atoms with van der Waals surface area (Å²) in [5.41, 5.74) is 1.22. The van der Waals surface area contributed by atoms with Crippen LogP contribution in [-0.2, 0) is 9.53 Å². The zero-order chi connectivity index (χ0) is 9.26. The molecule has 2 heterocycles. The summed E-state index contributed by atoms with van der Waals surface area (Å²) < 4.78 is 5.17. The maximum atomic E-state index is 11.0. The number of hydrogen-bond donors (Lipinski definition) is 1. The molecule has 1 aliphatic heterocycles. The molecular weight excluding hydrogens is 186 g/mol. The quantitative estimate of drug-likeness (QED) is 0.735. The van der Waals surface area contributed by atoms with Gasteiger partial charge in [0.1, 0.15) is 6.61 Å². The molecule has 0 aromatic carbocycles. The molecule has 1 aromatic rings. The SMILES string of the molecule is Cc1ccsc1[C@H]1COCC(=O)N1. The van der Waals surface area contributed by atoms with Gasteiger partial charge in [-0.1, -0.05) is 0 Å². The number of carbonyl (C=O) groups excluding carboxylic acids is 1. The van der Waals surface area contributed by atoms with E-state index in [4.69, 9.17) is 4.74 Å². The van der Waals surface area contributed by atoms with Crippen LogP contribution in [0.4, 0.5) is 0 Å². The van der Waals surface area contributed by atoms with Crippen LogP contribution in [-0.4, -0.2) is 19.1 Å². The number of hydrogen-bond acceptors (Lipinski definition) is 3. The minimum absolute atomic E-state index is 0.0240. The number of morpholine rings is 1. The van der Waals surface area contributed by atoms with Gasteiger partial charge in [-0.3, -0.25) is 4.79 Å². The van der Waals surface area contributed by atoms with E-state index in [1.807, 2.05) is 12.3 Å². The van der Waals surface area contributed by atoms with Crippen molar-refractivity contribution in [2.45, 2.75) is 13.0 Å². The highest BCUT2D eigenvalue weighted by molar-refractivity contribution is 7.10. The maximum absolute atomic E-state index is 11.0. The molecule has 1 amide bonds. The normalized spacial score (nSPS) is 22.8. The van der Waals surface area contributed by atoms with Crippen molar-refractivity contribution in [2.24, 2.45) is 0 Å². The second-order valence-electron chi connectivity index (χ2n) is 3.10. The van der Waals surface area contributed by atoms with Crippen LogP contribution < -0.4 is 5.32 Å². The molecule has 1 atom stereocenters. The standard InChI is InChI=1S/C9H11NO2S/c1-6-2-3-13-9(6)7-4-12-5-8(11)10-7/h2-3,7H,4-5H2,1H3,(H,10,11)/t7-/m1/s1. The van der Waals surface area contributed by atoms with Crippen LogP contribution in [0, 0.1) is 6.92 Å². The topological polar surface area (TPSA) is 38.3 Å². The number of nitrogens with one attached hydrogen (secondary N) is 1. The fourth-order valence-electron chi connectivity index (χ4n) is 1.43. The summed E-state index contributed by atoms with van der Waals surface area (Å²) >= 11 is 1.66. The van der Waals surface area contributed by atoms with Gasteiger partial charge in [0.05, 0.1) is 12.6 Å². The molecule has 0 bridgehead atoms. The van der Waals surface area contributed by atoms with E-state index in [1.165, 1.54) is 10.4 Å². The first-order chi connectivity index (χ1) is 6.27. The predicted octanol–water partition coefficient (Wildman–Crippen LogP) is 1.24. The van der Waals surface area contributed by atoms with Crippen LogP contribution >= 0.6 is 11.3 Å². The average Bonchev–Trinajstić information content (AvgIpc) is 2.51. The van der Waals surface area contributed by atoms with Crippen molar-refractivity contribution in [1.29, 1.82) is 0 Å². The molecule has 1 aromatic heterocycles. The Morgan fingerprint density at radius 1 is 1.69 bits per heavy atom. The minimum atomic E-state index is -0.0240. The first-order valence-corrected chi connectivity index (χ1v) is 5.06. The molecule has 0 unspecified atom stereocenters. The molecule has 13 heavy (non-hydrogen) atoms. The van der Waals surface area contributed by atoms with Crippen molar-refractivity contribution in [1.82, 2.24) is 5.32 Å². The lowest BCUT2D eigenvalue weighted by Crippen LogP contribution is -2.39. The number of ether oxygens (including phenoxy) is 1. The van der Waals surface area contributed by atoms with Gasteiger partial charge in [0, 0.05) is 4.88 Å². The molecule has 0 radical (unpaired) electrons. The van der Waals surface area contributed by atoms with Crippen LogP contribution in [0.1, 0.15) is 16.5 Å². The summed E-state index contributed by atoms with van der Waals surface area (Å²) in [6.45, 7) is 2.83. The van der Waals surface area contributed by atoms with E-state index in [9.17, 15) is 4.79 Å². The summed E-state index contributed by atoms with van der Waals surface area (Å²) in [6, 6.07) is 2.11. The first-order valence-electron chi connectivity index (χ1n) is 4.18. The molecule has 0 saturated carbocycles. The van der Waals surface area contributed by atoms with Crippen molar-refractivity contribution >= 4 is 17.2 Å². The lowest BCUT2D eigenvalue weighted by Gasteiger charge is -2.23. The van der Waals surface area contributed by atoms with E-state index < -0.39 is 0 Å². The molecular formula is C9H11NO2S. The number of rotatable bonds is 1. The number of thiophene rings is 1. The van der Waals surface area contributed by atoms with Crippen LogP contribution in [0.5, 0.6) is 0 Å². The van der Waals surface area contributed by atoms with Crippen LogP contribution in [0.2, 0.25) is 0 Å². The summed E-state index contributed by atoms with van der Waals surface area (Å²) in [7, 11) is 0. The molecule has 0 spiro atoms. The Hall–Kier alpha value is -0.870. The van der Waals surface area contributed by atoms with E-state index in [0.717, 1.165) is 0 Å².